The average molecular weight is 274 g/mol. The molecule has 0 aromatic heterocycles. The summed E-state index contributed by atoms with van der Waals surface area (Å²) < 4.78 is 5.12. The number of para-hydroxylation sites is 1. The first-order valence-electron chi connectivity index (χ1n) is 5.50. The summed E-state index contributed by atoms with van der Waals surface area (Å²) in [6.45, 7) is 2.46. The predicted octanol–water partition coefficient (Wildman–Crippen LogP) is 3.97. The highest BCUT2D eigenvalue weighted by Gasteiger charge is 2.17. The second-order valence-electron chi connectivity index (χ2n) is 3.49. The van der Waals surface area contributed by atoms with E-state index in [1.807, 2.05) is 19.1 Å². The van der Waals surface area contributed by atoms with Gasteiger partial charge in [0.2, 0.25) is 0 Å². The topological polar surface area (TPSA) is 29.5 Å². The zero-order chi connectivity index (χ0) is 12.7. The molecule has 5 heteroatoms. The van der Waals surface area contributed by atoms with Gasteiger partial charge in [-0.15, -0.1) is 0 Å². The summed E-state index contributed by atoms with van der Waals surface area (Å²) in [4.78, 5) is 13.2. The van der Waals surface area contributed by atoms with Crippen molar-refractivity contribution < 1.29 is 9.53 Å². The lowest BCUT2D eigenvalue weighted by Gasteiger charge is -2.20. The van der Waals surface area contributed by atoms with E-state index in [1.165, 1.54) is 4.90 Å². The lowest BCUT2D eigenvalue weighted by Crippen LogP contribution is -2.30. The number of amides is 1. The van der Waals surface area contributed by atoms with Gasteiger partial charge in [-0.05, 0) is 18.6 Å². The van der Waals surface area contributed by atoms with Crippen molar-refractivity contribution in [2.45, 2.75) is 19.8 Å². The van der Waals surface area contributed by atoms with E-state index < -0.39 is 6.09 Å². The van der Waals surface area contributed by atoms with Crippen LogP contribution >= 0.6 is 24.2 Å². The number of carbonyl (C=O) groups excluding carboxylic acids is 1. The van der Waals surface area contributed by atoms with Gasteiger partial charge >= 0.3 is 6.09 Å². The molecule has 1 rings (SSSR count). The number of rotatable bonds is 5. The van der Waals surface area contributed by atoms with Crippen LogP contribution < -0.4 is 4.90 Å². The molecule has 0 aliphatic rings. The molecule has 0 aliphatic carbocycles. The highest BCUT2D eigenvalue weighted by Crippen LogP contribution is 2.26. The fraction of sp³-hybridized carbons (Fsp3) is 0.417. The second-order valence-corrected chi connectivity index (χ2v) is 4.18. The van der Waals surface area contributed by atoms with E-state index in [0.717, 1.165) is 12.8 Å². The maximum absolute atomic E-state index is 11.8. The van der Waals surface area contributed by atoms with Crippen molar-refractivity contribution in [2.24, 2.45) is 0 Å². The van der Waals surface area contributed by atoms with Gasteiger partial charge in [0.1, 0.15) is 0 Å². The molecule has 0 unspecified atom stereocenters. The molecule has 0 atom stereocenters. The van der Waals surface area contributed by atoms with Crippen molar-refractivity contribution in [3.05, 3.63) is 29.3 Å². The number of carbonyl (C=O) groups is 1. The standard InChI is InChI=1S/C12H16ClNO2S/c1-2-3-8-16-12(15)14(9-17)11-7-5-4-6-10(11)13/h4-7,17H,2-3,8-9H2,1H3. The Morgan fingerprint density at radius 3 is 2.76 bits per heavy atom. The van der Waals surface area contributed by atoms with Crippen molar-refractivity contribution in [2.75, 3.05) is 17.4 Å². The van der Waals surface area contributed by atoms with Crippen LogP contribution in [0.3, 0.4) is 0 Å². The minimum Gasteiger partial charge on any atom is -0.449 e. The second kappa shape index (κ2) is 7.45. The van der Waals surface area contributed by atoms with Crippen molar-refractivity contribution in [1.29, 1.82) is 0 Å². The Labute approximate surface area is 112 Å². The molecule has 0 saturated heterocycles. The summed E-state index contributed by atoms with van der Waals surface area (Å²) in [6.07, 6.45) is 1.43. The van der Waals surface area contributed by atoms with Crippen molar-refractivity contribution in [1.82, 2.24) is 0 Å². The molecular formula is C12H16ClNO2S. The minimum atomic E-state index is -0.415. The maximum atomic E-state index is 11.8. The summed E-state index contributed by atoms with van der Waals surface area (Å²) in [5.41, 5.74) is 0.616. The lowest BCUT2D eigenvalue weighted by molar-refractivity contribution is 0.153. The van der Waals surface area contributed by atoms with Gasteiger partial charge < -0.3 is 4.74 Å². The van der Waals surface area contributed by atoms with Crippen molar-refractivity contribution in [3.8, 4) is 0 Å². The first kappa shape index (κ1) is 14.2. The molecule has 0 bridgehead atoms. The molecule has 0 aliphatic heterocycles. The molecule has 0 fully saturated rings. The zero-order valence-corrected chi connectivity index (χ0v) is 11.4. The van der Waals surface area contributed by atoms with Gasteiger partial charge in [0.15, 0.2) is 0 Å². The fourth-order valence-corrected chi connectivity index (χ4v) is 1.79. The molecular weight excluding hydrogens is 258 g/mol. The van der Waals surface area contributed by atoms with Gasteiger partial charge in [-0.25, -0.2) is 4.79 Å². The Balaban J connectivity index is 2.71. The van der Waals surface area contributed by atoms with Crippen LogP contribution in [0.4, 0.5) is 10.5 Å². The Morgan fingerprint density at radius 2 is 2.18 bits per heavy atom. The predicted molar refractivity (Wildman–Crippen MR) is 74.0 cm³/mol. The van der Waals surface area contributed by atoms with Crippen LogP contribution in [0.5, 0.6) is 0 Å². The number of ether oxygens (including phenoxy) is 1. The van der Waals surface area contributed by atoms with Gasteiger partial charge in [0, 0.05) is 0 Å². The molecule has 0 radical (unpaired) electrons. The number of thiol groups is 1. The molecule has 94 valence electrons. The van der Waals surface area contributed by atoms with E-state index in [1.54, 1.807) is 12.1 Å². The van der Waals surface area contributed by atoms with Crippen LogP contribution in [-0.4, -0.2) is 18.6 Å². The van der Waals surface area contributed by atoms with Crippen LogP contribution in [0.25, 0.3) is 0 Å². The highest BCUT2D eigenvalue weighted by molar-refractivity contribution is 7.80. The summed E-state index contributed by atoms with van der Waals surface area (Å²) >= 11 is 10.1. The molecule has 0 saturated carbocycles. The first-order valence-corrected chi connectivity index (χ1v) is 6.51. The summed E-state index contributed by atoms with van der Waals surface area (Å²) in [7, 11) is 0. The van der Waals surface area contributed by atoms with E-state index in [4.69, 9.17) is 16.3 Å². The SMILES string of the molecule is CCCCOC(=O)N(CS)c1ccccc1Cl. The van der Waals surface area contributed by atoms with Crippen molar-refractivity contribution in [3.63, 3.8) is 0 Å². The summed E-state index contributed by atoms with van der Waals surface area (Å²) in [5, 5.41) is 0.508. The third kappa shape index (κ3) is 4.13. The lowest BCUT2D eigenvalue weighted by atomic mass is 10.3. The molecule has 1 amide bonds. The van der Waals surface area contributed by atoms with Gasteiger partial charge in [0.25, 0.3) is 0 Å². The van der Waals surface area contributed by atoms with Gasteiger partial charge in [-0.3, -0.25) is 4.90 Å². The number of anilines is 1. The van der Waals surface area contributed by atoms with Crippen LogP contribution in [0.1, 0.15) is 19.8 Å². The molecule has 3 nitrogen and oxygen atoms in total. The van der Waals surface area contributed by atoms with E-state index in [2.05, 4.69) is 12.6 Å². The number of halogens is 1. The Kier molecular flexibility index (Phi) is 6.22. The smallest absolute Gasteiger partial charge is 0.415 e. The number of benzene rings is 1. The first-order chi connectivity index (χ1) is 8.20. The maximum Gasteiger partial charge on any atom is 0.415 e. The zero-order valence-electron chi connectivity index (χ0n) is 9.73. The van der Waals surface area contributed by atoms with Crippen LogP contribution in [-0.2, 0) is 4.74 Å². The Morgan fingerprint density at radius 1 is 1.47 bits per heavy atom. The fourth-order valence-electron chi connectivity index (χ4n) is 1.28. The van der Waals surface area contributed by atoms with Gasteiger partial charge in [-0.2, -0.15) is 12.6 Å². The minimum absolute atomic E-state index is 0.231. The molecule has 1 aromatic rings. The van der Waals surface area contributed by atoms with E-state index in [9.17, 15) is 4.79 Å². The highest BCUT2D eigenvalue weighted by atomic mass is 35.5. The molecule has 0 heterocycles. The third-order valence-corrected chi connectivity index (χ3v) is 2.83. The van der Waals surface area contributed by atoms with E-state index in [0.29, 0.717) is 17.3 Å². The van der Waals surface area contributed by atoms with Gasteiger partial charge in [0.05, 0.1) is 23.2 Å². The number of unbranched alkanes of at least 4 members (excludes halogenated alkanes) is 1. The Hall–Kier alpha value is -0.870. The van der Waals surface area contributed by atoms with Crippen LogP contribution in [0, 0.1) is 0 Å². The van der Waals surface area contributed by atoms with Crippen LogP contribution in [0.2, 0.25) is 5.02 Å². The van der Waals surface area contributed by atoms with Crippen molar-refractivity contribution >= 4 is 36.0 Å². The third-order valence-electron chi connectivity index (χ3n) is 2.23. The molecule has 1 aromatic carbocycles. The summed E-state index contributed by atoms with van der Waals surface area (Å²) in [6, 6.07) is 7.12. The normalized spacial score (nSPS) is 10.1. The van der Waals surface area contributed by atoms with Gasteiger partial charge in [-0.1, -0.05) is 37.1 Å². The molecule has 0 spiro atoms. The number of hydrogen-bond donors (Lipinski definition) is 1. The van der Waals surface area contributed by atoms with Crippen LogP contribution in [0.15, 0.2) is 24.3 Å². The Bertz CT molecular complexity index is 373. The quantitative estimate of drug-likeness (QED) is 0.500. The monoisotopic (exact) mass is 273 g/mol. The largest absolute Gasteiger partial charge is 0.449 e. The average Bonchev–Trinajstić information content (AvgIpc) is 2.33. The number of nitrogens with zero attached hydrogens (tertiary/aromatic N) is 1. The molecule has 17 heavy (non-hydrogen) atoms. The molecule has 0 N–H and O–H groups in total. The number of hydrogen-bond acceptors (Lipinski definition) is 3. The van der Waals surface area contributed by atoms with E-state index in [-0.39, 0.29) is 5.88 Å². The summed E-state index contributed by atoms with van der Waals surface area (Å²) in [5.74, 6) is 0.231. The van der Waals surface area contributed by atoms with E-state index >= 15 is 0 Å².